The van der Waals surface area contributed by atoms with Gasteiger partial charge in [-0.3, -0.25) is 4.79 Å². The number of anilines is 1. The van der Waals surface area contributed by atoms with Gasteiger partial charge in [0.15, 0.2) is 0 Å². The van der Waals surface area contributed by atoms with Crippen LogP contribution in [0.4, 0.5) is 10.1 Å². The Hall–Kier alpha value is -1.88. The summed E-state index contributed by atoms with van der Waals surface area (Å²) >= 11 is 3.17. The summed E-state index contributed by atoms with van der Waals surface area (Å²) < 4.78 is 19.7. The largest absolute Gasteiger partial charge is 0.493 e. The van der Waals surface area contributed by atoms with Crippen LogP contribution in [0.2, 0.25) is 0 Å². The first-order chi connectivity index (χ1) is 10.6. The number of carbonyl (C=O) groups is 1. The van der Waals surface area contributed by atoms with E-state index in [2.05, 4.69) is 28.2 Å². The van der Waals surface area contributed by atoms with E-state index in [1.54, 1.807) is 6.07 Å². The molecule has 0 atom stereocenters. The van der Waals surface area contributed by atoms with Gasteiger partial charge in [0.2, 0.25) is 5.91 Å². The second-order valence-corrected chi connectivity index (χ2v) is 5.68. The molecule has 0 radical (unpaired) electrons. The Bertz CT molecular complexity index is 644. The summed E-state index contributed by atoms with van der Waals surface area (Å²) in [5, 5.41) is 2.53. The van der Waals surface area contributed by atoms with Gasteiger partial charge in [-0.05, 0) is 42.3 Å². The molecule has 0 unspecified atom stereocenters. The number of carbonyl (C=O) groups excluding carboxylic acids is 1. The topological polar surface area (TPSA) is 38.3 Å². The number of hydrogen-bond acceptors (Lipinski definition) is 2. The minimum atomic E-state index is -0.473. The molecule has 1 N–H and O–H groups in total. The Balaban J connectivity index is 1.79. The lowest BCUT2D eigenvalue weighted by molar-refractivity contribution is -0.116. The van der Waals surface area contributed by atoms with Gasteiger partial charge in [0.1, 0.15) is 11.6 Å². The summed E-state index contributed by atoms with van der Waals surface area (Å²) in [4.78, 5) is 11.8. The van der Waals surface area contributed by atoms with Crippen LogP contribution >= 0.6 is 15.9 Å². The van der Waals surface area contributed by atoms with Crippen LogP contribution in [0, 0.1) is 5.82 Å². The molecular weight excluding hydrogens is 349 g/mol. The van der Waals surface area contributed by atoms with Crippen molar-refractivity contribution in [3.05, 3.63) is 58.3 Å². The lowest BCUT2D eigenvalue weighted by atomic mass is 10.2. The third kappa shape index (κ3) is 4.84. The predicted molar refractivity (Wildman–Crippen MR) is 88.7 cm³/mol. The molecule has 0 saturated carbocycles. The third-order valence-corrected chi connectivity index (χ3v) is 3.63. The number of nitrogens with one attached hydrogen (secondary N) is 1. The molecule has 0 aliphatic rings. The maximum Gasteiger partial charge on any atom is 0.227 e. The highest BCUT2D eigenvalue weighted by atomic mass is 79.9. The predicted octanol–water partition coefficient (Wildman–Crippen LogP) is 4.56. The Kier molecular flexibility index (Phi) is 5.95. The third-order valence-electron chi connectivity index (χ3n) is 3.13. The molecule has 2 rings (SSSR count). The molecule has 1 amide bonds. The van der Waals surface area contributed by atoms with Gasteiger partial charge in [0.05, 0.1) is 18.7 Å². The standard InChI is InChI=1S/C17H17BrFNO2/c1-2-12-3-6-14(7-4-12)22-10-9-17(21)20-16-8-5-13(18)11-15(16)19/h3-8,11H,2,9-10H2,1H3,(H,20,21). The highest BCUT2D eigenvalue weighted by Gasteiger charge is 2.07. The maximum atomic E-state index is 13.6. The van der Waals surface area contributed by atoms with E-state index in [9.17, 15) is 9.18 Å². The zero-order valence-electron chi connectivity index (χ0n) is 12.2. The van der Waals surface area contributed by atoms with E-state index in [1.807, 2.05) is 24.3 Å². The van der Waals surface area contributed by atoms with Crippen LogP contribution in [-0.2, 0) is 11.2 Å². The van der Waals surface area contributed by atoms with Gasteiger partial charge in [-0.1, -0.05) is 35.0 Å². The van der Waals surface area contributed by atoms with Crippen LogP contribution in [0.3, 0.4) is 0 Å². The van der Waals surface area contributed by atoms with Gasteiger partial charge >= 0.3 is 0 Å². The number of hydrogen-bond donors (Lipinski definition) is 1. The van der Waals surface area contributed by atoms with Crippen molar-refractivity contribution in [2.45, 2.75) is 19.8 Å². The Morgan fingerprint density at radius 3 is 2.59 bits per heavy atom. The fourth-order valence-corrected chi connectivity index (χ4v) is 2.22. The monoisotopic (exact) mass is 365 g/mol. The smallest absolute Gasteiger partial charge is 0.227 e. The SMILES string of the molecule is CCc1ccc(OCCC(=O)Nc2ccc(Br)cc2F)cc1. The number of halogens is 2. The Morgan fingerprint density at radius 1 is 1.23 bits per heavy atom. The average Bonchev–Trinajstić information content (AvgIpc) is 2.51. The van der Waals surface area contributed by atoms with Gasteiger partial charge in [-0.25, -0.2) is 4.39 Å². The van der Waals surface area contributed by atoms with Gasteiger partial charge in [0, 0.05) is 4.47 Å². The Morgan fingerprint density at radius 2 is 1.95 bits per heavy atom. The Labute approximate surface area is 137 Å². The molecule has 0 heterocycles. The van der Waals surface area contributed by atoms with E-state index in [0.717, 1.165) is 12.2 Å². The fourth-order valence-electron chi connectivity index (χ4n) is 1.89. The molecule has 116 valence electrons. The first-order valence-electron chi connectivity index (χ1n) is 7.05. The summed E-state index contributed by atoms with van der Waals surface area (Å²) in [5.41, 5.74) is 1.40. The normalized spacial score (nSPS) is 10.3. The van der Waals surface area contributed by atoms with Crippen LogP contribution in [0.15, 0.2) is 46.9 Å². The summed E-state index contributed by atoms with van der Waals surface area (Å²) in [7, 11) is 0. The molecule has 0 aliphatic carbocycles. The average molecular weight is 366 g/mol. The van der Waals surface area contributed by atoms with Gasteiger partial charge in [-0.15, -0.1) is 0 Å². The quantitative estimate of drug-likeness (QED) is 0.814. The molecule has 3 nitrogen and oxygen atoms in total. The van der Waals surface area contributed by atoms with Crippen LogP contribution in [0.1, 0.15) is 18.9 Å². The van der Waals surface area contributed by atoms with Gasteiger partial charge < -0.3 is 10.1 Å². The number of rotatable bonds is 6. The summed E-state index contributed by atoms with van der Waals surface area (Å²) in [6.45, 7) is 2.33. The molecule has 0 spiro atoms. The fraction of sp³-hybridized carbons (Fsp3) is 0.235. The first-order valence-corrected chi connectivity index (χ1v) is 7.84. The number of benzene rings is 2. The molecular formula is C17H17BrFNO2. The van der Waals surface area contributed by atoms with Crippen molar-refractivity contribution in [3.63, 3.8) is 0 Å². The van der Waals surface area contributed by atoms with Crippen molar-refractivity contribution in [1.82, 2.24) is 0 Å². The lowest BCUT2D eigenvalue weighted by Crippen LogP contribution is -2.16. The summed E-state index contributed by atoms with van der Waals surface area (Å²) in [6, 6.07) is 12.2. The number of aryl methyl sites for hydroxylation is 1. The van der Waals surface area contributed by atoms with E-state index in [4.69, 9.17) is 4.74 Å². The van der Waals surface area contributed by atoms with Crippen molar-refractivity contribution in [3.8, 4) is 5.75 Å². The van der Waals surface area contributed by atoms with Gasteiger partial charge in [-0.2, -0.15) is 0 Å². The first kappa shape index (κ1) is 16.5. The minimum absolute atomic E-state index is 0.158. The zero-order chi connectivity index (χ0) is 15.9. The summed E-state index contributed by atoms with van der Waals surface area (Å²) in [5.74, 6) is -0.0370. The molecule has 22 heavy (non-hydrogen) atoms. The molecule has 0 fully saturated rings. The minimum Gasteiger partial charge on any atom is -0.493 e. The van der Waals surface area contributed by atoms with E-state index in [1.165, 1.54) is 17.7 Å². The molecule has 5 heteroatoms. The highest BCUT2D eigenvalue weighted by Crippen LogP contribution is 2.19. The molecule has 0 bridgehead atoms. The molecule has 2 aromatic carbocycles. The van der Waals surface area contributed by atoms with Crippen molar-refractivity contribution < 1.29 is 13.9 Å². The van der Waals surface area contributed by atoms with Gasteiger partial charge in [0.25, 0.3) is 0 Å². The maximum absolute atomic E-state index is 13.6. The summed E-state index contributed by atoms with van der Waals surface area (Å²) in [6.07, 6.45) is 1.13. The van der Waals surface area contributed by atoms with E-state index < -0.39 is 5.82 Å². The second kappa shape index (κ2) is 7.94. The molecule has 0 aliphatic heterocycles. The van der Waals surface area contributed by atoms with Crippen LogP contribution in [-0.4, -0.2) is 12.5 Å². The molecule has 2 aromatic rings. The highest BCUT2D eigenvalue weighted by molar-refractivity contribution is 9.10. The van der Waals surface area contributed by atoms with Crippen molar-refractivity contribution in [2.24, 2.45) is 0 Å². The zero-order valence-corrected chi connectivity index (χ0v) is 13.8. The second-order valence-electron chi connectivity index (χ2n) is 4.77. The molecule has 0 aromatic heterocycles. The van der Waals surface area contributed by atoms with Crippen molar-refractivity contribution in [1.29, 1.82) is 0 Å². The number of ether oxygens (including phenoxy) is 1. The molecule has 0 saturated heterocycles. The van der Waals surface area contributed by atoms with E-state index >= 15 is 0 Å². The van der Waals surface area contributed by atoms with E-state index in [0.29, 0.717) is 4.47 Å². The van der Waals surface area contributed by atoms with E-state index in [-0.39, 0.29) is 24.6 Å². The number of amides is 1. The lowest BCUT2D eigenvalue weighted by Gasteiger charge is -2.08. The van der Waals surface area contributed by atoms with Crippen LogP contribution in [0.25, 0.3) is 0 Å². The van der Waals surface area contributed by atoms with Crippen LogP contribution < -0.4 is 10.1 Å². The van der Waals surface area contributed by atoms with Crippen molar-refractivity contribution >= 4 is 27.5 Å². The van der Waals surface area contributed by atoms with Crippen molar-refractivity contribution in [2.75, 3.05) is 11.9 Å². The van der Waals surface area contributed by atoms with Crippen LogP contribution in [0.5, 0.6) is 5.75 Å².